The number of methoxy groups -OCH3 is 1. The van der Waals surface area contributed by atoms with Crippen LogP contribution in [0, 0.1) is 11.7 Å². The van der Waals surface area contributed by atoms with Crippen LogP contribution in [0.15, 0.2) is 35.6 Å². The van der Waals surface area contributed by atoms with Gasteiger partial charge in [0.1, 0.15) is 5.82 Å². The number of carbonyl (C=O) groups excluding carboxylic acids is 1. The SMILES string of the molecule is COCCN(Cc1cnc(S(=O)(=O)Cc2ccccc2F)n1CC1CCCO1)C(=O)C(C)C. The van der Waals surface area contributed by atoms with Crippen LogP contribution in [0.3, 0.4) is 0 Å². The summed E-state index contributed by atoms with van der Waals surface area (Å²) in [5, 5.41) is -0.139. The number of hydrogen-bond donors (Lipinski definition) is 0. The summed E-state index contributed by atoms with van der Waals surface area (Å²) in [6.07, 6.45) is 3.05. The highest BCUT2D eigenvalue weighted by molar-refractivity contribution is 7.90. The summed E-state index contributed by atoms with van der Waals surface area (Å²) < 4.78 is 53.2. The Balaban J connectivity index is 1.95. The van der Waals surface area contributed by atoms with E-state index < -0.39 is 21.4 Å². The number of ether oxygens (including phenoxy) is 2. The van der Waals surface area contributed by atoms with Gasteiger partial charge in [0.2, 0.25) is 20.9 Å². The molecular formula is C23H32FN3O5S. The number of benzene rings is 1. The number of nitrogens with zero attached hydrogens (tertiary/aromatic N) is 3. The molecule has 2 aromatic rings. The highest BCUT2D eigenvalue weighted by atomic mass is 32.2. The molecule has 0 bridgehead atoms. The lowest BCUT2D eigenvalue weighted by Crippen LogP contribution is -2.37. The van der Waals surface area contributed by atoms with Crippen molar-refractivity contribution in [2.75, 3.05) is 26.9 Å². The summed E-state index contributed by atoms with van der Waals surface area (Å²) in [4.78, 5) is 18.6. The molecule has 3 rings (SSSR count). The van der Waals surface area contributed by atoms with Gasteiger partial charge in [0.05, 0.1) is 43.4 Å². The van der Waals surface area contributed by atoms with Gasteiger partial charge in [-0.25, -0.2) is 17.8 Å². The third kappa shape index (κ3) is 6.39. The van der Waals surface area contributed by atoms with Gasteiger partial charge in [0, 0.05) is 31.7 Å². The first kappa shape index (κ1) is 25.3. The molecule has 2 heterocycles. The van der Waals surface area contributed by atoms with E-state index in [1.54, 1.807) is 22.6 Å². The van der Waals surface area contributed by atoms with Crippen molar-refractivity contribution in [2.45, 2.75) is 56.8 Å². The topological polar surface area (TPSA) is 90.7 Å². The van der Waals surface area contributed by atoms with Crippen molar-refractivity contribution in [1.29, 1.82) is 0 Å². The minimum atomic E-state index is -3.95. The van der Waals surface area contributed by atoms with E-state index in [-0.39, 0.29) is 35.2 Å². The minimum absolute atomic E-state index is 0.0623. The summed E-state index contributed by atoms with van der Waals surface area (Å²) in [6.45, 7) is 5.47. The van der Waals surface area contributed by atoms with E-state index in [0.717, 1.165) is 12.8 Å². The zero-order valence-electron chi connectivity index (χ0n) is 19.4. The first-order valence-electron chi connectivity index (χ1n) is 11.1. The molecule has 182 valence electrons. The number of aromatic nitrogens is 2. The summed E-state index contributed by atoms with van der Waals surface area (Å²) in [5.41, 5.74) is 0.671. The molecule has 0 spiro atoms. The second-order valence-electron chi connectivity index (χ2n) is 8.54. The second kappa shape index (κ2) is 11.2. The number of sulfone groups is 1. The monoisotopic (exact) mass is 481 g/mol. The van der Waals surface area contributed by atoms with Crippen molar-refractivity contribution in [3.63, 3.8) is 0 Å². The van der Waals surface area contributed by atoms with Gasteiger partial charge in [0.25, 0.3) is 0 Å². The van der Waals surface area contributed by atoms with E-state index in [0.29, 0.717) is 32.0 Å². The molecule has 1 unspecified atom stereocenters. The molecule has 8 nitrogen and oxygen atoms in total. The maximum Gasteiger partial charge on any atom is 0.228 e. The molecule has 0 radical (unpaired) electrons. The highest BCUT2D eigenvalue weighted by Gasteiger charge is 2.29. The lowest BCUT2D eigenvalue weighted by molar-refractivity contribution is -0.135. The van der Waals surface area contributed by atoms with Crippen molar-refractivity contribution in [3.8, 4) is 0 Å². The fourth-order valence-electron chi connectivity index (χ4n) is 3.87. The predicted molar refractivity (Wildman–Crippen MR) is 121 cm³/mol. The van der Waals surface area contributed by atoms with Crippen molar-refractivity contribution >= 4 is 15.7 Å². The third-order valence-electron chi connectivity index (χ3n) is 5.62. The first-order valence-corrected chi connectivity index (χ1v) is 12.8. The molecule has 33 heavy (non-hydrogen) atoms. The zero-order chi connectivity index (χ0) is 24.0. The van der Waals surface area contributed by atoms with Gasteiger partial charge in [-0.3, -0.25) is 4.79 Å². The van der Waals surface area contributed by atoms with Gasteiger partial charge < -0.3 is 18.9 Å². The Bertz CT molecular complexity index is 1050. The minimum Gasteiger partial charge on any atom is -0.383 e. The summed E-state index contributed by atoms with van der Waals surface area (Å²) in [6, 6.07) is 5.81. The molecule has 1 aromatic carbocycles. The summed E-state index contributed by atoms with van der Waals surface area (Å²) in [5.74, 6) is -1.36. The van der Waals surface area contributed by atoms with Gasteiger partial charge in [-0.1, -0.05) is 32.0 Å². The standard InChI is InChI=1S/C23H32FN3O5S/c1-17(2)22(28)26(10-12-31-3)14-19-13-25-23(27(19)15-20-8-6-11-32-20)33(29,30)16-18-7-4-5-9-21(18)24/h4-5,7,9,13,17,20H,6,8,10-12,14-16H2,1-3H3. The molecule has 0 N–H and O–H groups in total. The molecule has 1 fully saturated rings. The van der Waals surface area contributed by atoms with Crippen LogP contribution in [0.1, 0.15) is 37.9 Å². The van der Waals surface area contributed by atoms with Crippen LogP contribution < -0.4 is 0 Å². The van der Waals surface area contributed by atoms with Crippen LogP contribution in [-0.4, -0.2) is 61.7 Å². The van der Waals surface area contributed by atoms with Gasteiger partial charge in [0.15, 0.2) is 0 Å². The maximum absolute atomic E-state index is 14.2. The number of amides is 1. The van der Waals surface area contributed by atoms with E-state index in [4.69, 9.17) is 9.47 Å². The fourth-order valence-corrected chi connectivity index (χ4v) is 5.38. The van der Waals surface area contributed by atoms with E-state index >= 15 is 0 Å². The Morgan fingerprint density at radius 1 is 1.36 bits per heavy atom. The molecule has 0 aliphatic carbocycles. The Labute approximate surface area is 194 Å². The van der Waals surface area contributed by atoms with Crippen molar-refractivity contribution in [1.82, 2.24) is 14.5 Å². The zero-order valence-corrected chi connectivity index (χ0v) is 20.2. The molecule has 0 saturated carbocycles. The number of hydrogen-bond acceptors (Lipinski definition) is 6. The predicted octanol–water partition coefficient (Wildman–Crippen LogP) is 2.81. The largest absolute Gasteiger partial charge is 0.383 e. The Morgan fingerprint density at radius 3 is 2.76 bits per heavy atom. The Hall–Kier alpha value is -2.30. The molecule has 1 aliphatic rings. The third-order valence-corrected chi connectivity index (χ3v) is 7.19. The van der Waals surface area contributed by atoms with E-state index in [1.165, 1.54) is 24.4 Å². The van der Waals surface area contributed by atoms with Crippen LogP contribution in [0.4, 0.5) is 4.39 Å². The van der Waals surface area contributed by atoms with E-state index in [1.807, 2.05) is 13.8 Å². The van der Waals surface area contributed by atoms with Crippen LogP contribution in [0.2, 0.25) is 0 Å². The quantitative estimate of drug-likeness (QED) is 0.490. The normalized spacial score (nSPS) is 16.5. The van der Waals surface area contributed by atoms with E-state index in [9.17, 15) is 17.6 Å². The van der Waals surface area contributed by atoms with Crippen molar-refractivity contribution in [2.24, 2.45) is 5.92 Å². The average molecular weight is 482 g/mol. The maximum atomic E-state index is 14.2. The Morgan fingerprint density at radius 2 is 2.12 bits per heavy atom. The Kier molecular flexibility index (Phi) is 8.61. The smallest absolute Gasteiger partial charge is 0.228 e. The lowest BCUT2D eigenvalue weighted by atomic mass is 10.2. The van der Waals surface area contributed by atoms with Crippen LogP contribution >= 0.6 is 0 Å². The molecule has 1 aliphatic heterocycles. The molecular weight excluding hydrogens is 449 g/mol. The first-order chi connectivity index (χ1) is 15.7. The number of halogens is 1. The fraction of sp³-hybridized carbons (Fsp3) is 0.565. The summed E-state index contributed by atoms with van der Waals surface area (Å²) in [7, 11) is -2.39. The van der Waals surface area contributed by atoms with Crippen LogP contribution in [0.25, 0.3) is 0 Å². The second-order valence-corrected chi connectivity index (χ2v) is 10.4. The lowest BCUT2D eigenvalue weighted by Gasteiger charge is -2.25. The van der Waals surface area contributed by atoms with Gasteiger partial charge in [-0.05, 0) is 18.9 Å². The number of carbonyl (C=O) groups is 1. The van der Waals surface area contributed by atoms with Crippen LogP contribution in [0.5, 0.6) is 0 Å². The number of imidazole rings is 1. The molecule has 10 heteroatoms. The van der Waals surface area contributed by atoms with Gasteiger partial charge >= 0.3 is 0 Å². The molecule has 1 aromatic heterocycles. The van der Waals surface area contributed by atoms with Crippen LogP contribution in [-0.2, 0) is 42.9 Å². The van der Waals surface area contributed by atoms with Gasteiger partial charge in [-0.2, -0.15) is 0 Å². The highest BCUT2D eigenvalue weighted by Crippen LogP contribution is 2.23. The van der Waals surface area contributed by atoms with Crippen molar-refractivity contribution < 1.29 is 27.1 Å². The summed E-state index contributed by atoms with van der Waals surface area (Å²) >= 11 is 0. The molecule has 1 atom stereocenters. The molecule has 1 saturated heterocycles. The van der Waals surface area contributed by atoms with Gasteiger partial charge in [-0.15, -0.1) is 0 Å². The molecule has 1 amide bonds. The van der Waals surface area contributed by atoms with E-state index in [2.05, 4.69) is 4.98 Å². The average Bonchev–Trinajstić information content (AvgIpc) is 3.43. The number of rotatable bonds is 11. The van der Waals surface area contributed by atoms with Crippen molar-refractivity contribution in [3.05, 3.63) is 47.5 Å².